The average Bonchev–Trinajstić information content (AvgIpc) is 3.36. The highest BCUT2D eigenvalue weighted by molar-refractivity contribution is 6.12. The van der Waals surface area contributed by atoms with Crippen LogP contribution < -0.4 is 5.32 Å². The van der Waals surface area contributed by atoms with Crippen LogP contribution in [0.1, 0.15) is 48.0 Å². The summed E-state index contributed by atoms with van der Waals surface area (Å²) in [5, 5.41) is 3.04. The number of carbonyl (C=O) groups is 4. The van der Waals surface area contributed by atoms with E-state index in [4.69, 9.17) is 0 Å². The number of carbonyl (C=O) groups excluding carboxylic acids is 4. The molecule has 2 aromatic rings. The molecule has 2 aliphatic rings. The minimum absolute atomic E-state index is 0.131. The molecule has 4 rings (SSSR count). The van der Waals surface area contributed by atoms with Gasteiger partial charge in [-0.2, -0.15) is 0 Å². The Balaban J connectivity index is 0. The van der Waals surface area contributed by atoms with Crippen LogP contribution in [0, 0.1) is 0 Å². The highest BCUT2D eigenvalue weighted by atomic mass is 16.2. The molecule has 192 valence electrons. The van der Waals surface area contributed by atoms with E-state index in [0.29, 0.717) is 0 Å². The molecule has 1 fully saturated rings. The minimum Gasteiger partial charge on any atom is -0.373 e. The van der Waals surface area contributed by atoms with Crippen molar-refractivity contribution in [2.75, 3.05) is 19.4 Å². The summed E-state index contributed by atoms with van der Waals surface area (Å²) in [4.78, 5) is 45.8. The zero-order valence-electron chi connectivity index (χ0n) is 22.3. The molecular weight excluding hydrogens is 442 g/mol. The molecule has 1 atom stereocenters. The molecule has 1 N–H and O–H groups in total. The summed E-state index contributed by atoms with van der Waals surface area (Å²) in [6.07, 6.45) is 2.74. The summed E-state index contributed by atoms with van der Waals surface area (Å²) in [7, 11) is 2.96. The Morgan fingerprint density at radius 2 is 1.00 bits per heavy atom. The standard InChI is InChI=1S/C11H12N2O2.C6H6.C5H5NO2.3C2H6/c1-13-10(14)7-9(11(13)15)12-8-5-3-2-4-6-8;1-2-4-6-5-3-1;1-6-4(7)2-3-5(6)8;3*1-2/h2-6,9,12H,7H2,1H3;1-6H;2-3H,1H3;3*1-2H3. The van der Waals surface area contributed by atoms with Crippen molar-refractivity contribution in [3.63, 3.8) is 0 Å². The highest BCUT2D eigenvalue weighted by Crippen LogP contribution is 2.16. The van der Waals surface area contributed by atoms with Crippen LogP contribution in [0.4, 0.5) is 5.69 Å². The van der Waals surface area contributed by atoms with Crippen LogP contribution in [0.3, 0.4) is 0 Å². The highest BCUT2D eigenvalue weighted by Gasteiger charge is 2.35. The molecule has 0 aliphatic carbocycles. The van der Waals surface area contributed by atoms with Gasteiger partial charge >= 0.3 is 0 Å². The Kier molecular flexibility index (Phi) is 19.9. The van der Waals surface area contributed by atoms with Gasteiger partial charge in [0.25, 0.3) is 17.7 Å². The van der Waals surface area contributed by atoms with Gasteiger partial charge in [-0.3, -0.25) is 29.0 Å². The molecule has 0 aromatic heterocycles. The Morgan fingerprint density at radius 3 is 1.29 bits per heavy atom. The van der Waals surface area contributed by atoms with Crippen molar-refractivity contribution in [2.24, 2.45) is 0 Å². The van der Waals surface area contributed by atoms with Crippen molar-refractivity contribution >= 4 is 29.3 Å². The van der Waals surface area contributed by atoms with Gasteiger partial charge in [-0.05, 0) is 12.1 Å². The van der Waals surface area contributed by atoms with Gasteiger partial charge in [0.15, 0.2) is 0 Å². The van der Waals surface area contributed by atoms with Crippen LogP contribution in [-0.4, -0.2) is 53.6 Å². The number of hydrogen-bond acceptors (Lipinski definition) is 5. The van der Waals surface area contributed by atoms with Crippen LogP contribution in [0.25, 0.3) is 0 Å². The molecule has 7 nitrogen and oxygen atoms in total. The molecule has 1 unspecified atom stereocenters. The van der Waals surface area contributed by atoms with E-state index >= 15 is 0 Å². The number of likely N-dealkylation sites (tertiary alicyclic amines) is 1. The third-order valence-electron chi connectivity index (χ3n) is 4.19. The van der Waals surface area contributed by atoms with Gasteiger partial charge in [0, 0.05) is 31.9 Å². The minimum atomic E-state index is -0.412. The van der Waals surface area contributed by atoms with Crippen LogP contribution in [0.15, 0.2) is 78.9 Å². The maximum absolute atomic E-state index is 11.6. The van der Waals surface area contributed by atoms with Crippen molar-refractivity contribution in [3.05, 3.63) is 78.9 Å². The first kappa shape index (κ1) is 33.4. The van der Waals surface area contributed by atoms with Crippen LogP contribution >= 0.6 is 0 Å². The summed E-state index contributed by atoms with van der Waals surface area (Å²) in [5.41, 5.74) is 0.860. The van der Waals surface area contributed by atoms with Gasteiger partial charge < -0.3 is 5.32 Å². The summed E-state index contributed by atoms with van der Waals surface area (Å²) in [5.74, 6) is -0.776. The second-order valence-corrected chi connectivity index (χ2v) is 6.28. The number of imide groups is 2. The number of hydrogen-bond donors (Lipinski definition) is 1. The lowest BCUT2D eigenvalue weighted by Gasteiger charge is -2.11. The Hall–Kier alpha value is -3.74. The van der Waals surface area contributed by atoms with Crippen molar-refractivity contribution in [2.45, 2.75) is 54.0 Å². The lowest BCUT2D eigenvalue weighted by Crippen LogP contribution is -2.31. The van der Waals surface area contributed by atoms with Gasteiger partial charge in [-0.1, -0.05) is 96.1 Å². The van der Waals surface area contributed by atoms with E-state index in [2.05, 4.69) is 5.32 Å². The van der Waals surface area contributed by atoms with Gasteiger partial charge in [0.1, 0.15) is 6.04 Å². The molecule has 1 saturated heterocycles. The first-order valence-electron chi connectivity index (χ1n) is 12.0. The fraction of sp³-hybridized carbons (Fsp3) is 0.357. The first-order chi connectivity index (χ1) is 16.9. The first-order valence-corrected chi connectivity index (χ1v) is 12.0. The number of benzene rings is 2. The number of rotatable bonds is 2. The zero-order valence-corrected chi connectivity index (χ0v) is 22.3. The van der Waals surface area contributed by atoms with Crippen LogP contribution in [0.2, 0.25) is 0 Å². The number of para-hydroxylation sites is 1. The smallest absolute Gasteiger partial charge is 0.253 e. The predicted molar refractivity (Wildman–Crippen MR) is 144 cm³/mol. The van der Waals surface area contributed by atoms with Gasteiger partial charge in [-0.25, -0.2) is 0 Å². The van der Waals surface area contributed by atoms with Gasteiger partial charge in [0.2, 0.25) is 5.91 Å². The second-order valence-electron chi connectivity index (χ2n) is 6.28. The van der Waals surface area contributed by atoms with Crippen molar-refractivity contribution in [1.82, 2.24) is 9.80 Å². The summed E-state index contributed by atoms with van der Waals surface area (Å²) in [6.45, 7) is 12.0. The quantitative estimate of drug-likeness (QED) is 0.596. The number of likely N-dealkylation sites (N-methyl/N-ethyl adjacent to an activating group) is 2. The molecular formula is C28H41N3O4. The molecule has 0 saturated carbocycles. The summed E-state index contributed by atoms with van der Waals surface area (Å²) < 4.78 is 0. The molecule has 4 amide bonds. The lowest BCUT2D eigenvalue weighted by molar-refractivity contribution is -0.137. The predicted octanol–water partition coefficient (Wildman–Crippen LogP) is 5.16. The van der Waals surface area contributed by atoms with E-state index in [-0.39, 0.29) is 30.0 Å². The van der Waals surface area contributed by atoms with E-state index in [1.165, 1.54) is 31.1 Å². The molecule has 2 heterocycles. The molecule has 2 aliphatic heterocycles. The fourth-order valence-corrected chi connectivity index (χ4v) is 2.46. The molecule has 2 aromatic carbocycles. The SMILES string of the molecule is CC.CC.CC.CN1C(=O)C=CC1=O.CN1C(=O)CC(Nc2ccccc2)C1=O.c1ccccc1. The molecule has 0 spiro atoms. The molecule has 35 heavy (non-hydrogen) atoms. The fourth-order valence-electron chi connectivity index (χ4n) is 2.46. The largest absolute Gasteiger partial charge is 0.373 e. The lowest BCUT2D eigenvalue weighted by atomic mass is 10.2. The maximum Gasteiger partial charge on any atom is 0.253 e. The van der Waals surface area contributed by atoms with E-state index in [1.54, 1.807) is 0 Å². The molecule has 7 heteroatoms. The topological polar surface area (TPSA) is 86.8 Å². The van der Waals surface area contributed by atoms with Crippen LogP contribution in [-0.2, 0) is 19.2 Å². The third kappa shape index (κ3) is 12.9. The number of nitrogens with zero attached hydrogens (tertiary/aromatic N) is 2. The van der Waals surface area contributed by atoms with E-state index < -0.39 is 6.04 Å². The zero-order chi connectivity index (χ0) is 27.2. The Labute approximate surface area is 210 Å². The number of amides is 4. The van der Waals surface area contributed by atoms with E-state index in [0.717, 1.165) is 10.6 Å². The third-order valence-corrected chi connectivity index (χ3v) is 4.19. The van der Waals surface area contributed by atoms with Crippen LogP contribution in [0.5, 0.6) is 0 Å². The van der Waals surface area contributed by atoms with Crippen molar-refractivity contribution in [1.29, 1.82) is 0 Å². The number of nitrogens with one attached hydrogen (secondary N) is 1. The second kappa shape index (κ2) is 20.8. The van der Waals surface area contributed by atoms with Gasteiger partial charge in [-0.15, -0.1) is 0 Å². The maximum atomic E-state index is 11.6. The van der Waals surface area contributed by atoms with E-state index in [1.807, 2.05) is 108 Å². The number of anilines is 1. The Morgan fingerprint density at radius 1 is 0.629 bits per heavy atom. The van der Waals surface area contributed by atoms with Gasteiger partial charge in [0.05, 0.1) is 6.42 Å². The monoisotopic (exact) mass is 483 g/mol. The summed E-state index contributed by atoms with van der Waals surface area (Å²) in [6, 6.07) is 21.0. The van der Waals surface area contributed by atoms with Crippen molar-refractivity contribution in [3.8, 4) is 0 Å². The van der Waals surface area contributed by atoms with Crippen molar-refractivity contribution < 1.29 is 19.2 Å². The molecule has 0 bridgehead atoms. The van der Waals surface area contributed by atoms with E-state index in [9.17, 15) is 19.2 Å². The molecule has 0 radical (unpaired) electrons. The summed E-state index contributed by atoms with van der Waals surface area (Å²) >= 11 is 0. The Bertz CT molecular complexity index is 839. The normalized spacial score (nSPS) is 15.0. The average molecular weight is 484 g/mol.